The van der Waals surface area contributed by atoms with Crippen LogP contribution in [0.1, 0.15) is 400 Å². The van der Waals surface area contributed by atoms with Gasteiger partial charge in [0.05, 0.1) is 0 Å². The molecule has 74 heavy (non-hydrogen) atoms. The lowest BCUT2D eigenvalue weighted by molar-refractivity contribution is -0.167. The zero-order valence-electron chi connectivity index (χ0n) is 50.7. The predicted molar refractivity (Wildman–Crippen MR) is 321 cm³/mol. The number of unbranched alkanes of at least 4 members (excludes halogenated alkanes) is 53. The Balaban J connectivity index is 4.22. The predicted octanol–water partition coefficient (Wildman–Crippen LogP) is 23.1. The molecule has 0 aliphatic heterocycles. The number of esters is 3. The fraction of sp³-hybridized carbons (Fsp3) is 0.956. The minimum atomic E-state index is -0.763. The Morgan fingerprint density at radius 1 is 0.216 bits per heavy atom. The van der Waals surface area contributed by atoms with E-state index in [2.05, 4.69) is 20.8 Å². The zero-order valence-corrected chi connectivity index (χ0v) is 50.7. The van der Waals surface area contributed by atoms with E-state index in [0.29, 0.717) is 19.3 Å². The Bertz CT molecular complexity index is 1110. The van der Waals surface area contributed by atoms with Gasteiger partial charge in [-0.2, -0.15) is 0 Å². The first-order chi connectivity index (χ1) is 36.5. The van der Waals surface area contributed by atoms with Crippen molar-refractivity contribution >= 4 is 17.9 Å². The summed E-state index contributed by atoms with van der Waals surface area (Å²) >= 11 is 0. The van der Waals surface area contributed by atoms with E-state index in [1.54, 1.807) is 0 Å². The number of carbonyl (C=O) groups excluding carboxylic acids is 3. The third kappa shape index (κ3) is 61.3. The molecule has 0 aliphatic rings. The van der Waals surface area contributed by atoms with Crippen molar-refractivity contribution in [3.63, 3.8) is 0 Å². The van der Waals surface area contributed by atoms with Crippen LogP contribution in [0.2, 0.25) is 0 Å². The third-order valence-corrected chi connectivity index (χ3v) is 15.9. The number of rotatable bonds is 64. The molecule has 1 unspecified atom stereocenters. The lowest BCUT2D eigenvalue weighted by Crippen LogP contribution is -2.30. The highest BCUT2D eigenvalue weighted by molar-refractivity contribution is 5.71. The molecule has 0 fully saturated rings. The van der Waals surface area contributed by atoms with Gasteiger partial charge in [-0.05, 0) is 19.3 Å². The molecule has 6 nitrogen and oxygen atoms in total. The topological polar surface area (TPSA) is 78.9 Å². The minimum absolute atomic E-state index is 0.0603. The molecular formula is C68H132O6. The molecule has 0 rings (SSSR count). The molecule has 0 heterocycles. The Kier molecular flexibility index (Phi) is 62.6. The standard InChI is InChI=1S/C68H132O6/c1-4-7-10-13-16-19-22-25-27-29-31-33-35-36-38-40-43-46-49-52-55-58-61-67(70)73-64-65(63-72-66(69)60-57-54-51-48-45-42-24-21-18-15-12-9-6-3)74-68(71)62-59-56-53-50-47-44-41-39-37-34-32-30-28-26-23-20-17-14-11-8-5-2/h65H,4-64H2,1-3H3. The van der Waals surface area contributed by atoms with Gasteiger partial charge in [0, 0.05) is 19.3 Å². The molecule has 0 amide bonds. The lowest BCUT2D eigenvalue weighted by Gasteiger charge is -2.18. The molecule has 0 spiro atoms. The van der Waals surface area contributed by atoms with Crippen LogP contribution in [0.4, 0.5) is 0 Å². The van der Waals surface area contributed by atoms with Crippen molar-refractivity contribution in [1.29, 1.82) is 0 Å². The first kappa shape index (κ1) is 72.4. The molecule has 1 atom stereocenters. The molecule has 6 heteroatoms. The molecule has 0 aromatic rings. The summed E-state index contributed by atoms with van der Waals surface area (Å²) < 4.78 is 17.0. The largest absolute Gasteiger partial charge is 0.462 e. The van der Waals surface area contributed by atoms with Crippen LogP contribution in [0.25, 0.3) is 0 Å². The second-order valence-electron chi connectivity index (χ2n) is 23.5. The molecule has 0 aliphatic carbocycles. The number of hydrogen-bond acceptors (Lipinski definition) is 6. The Morgan fingerprint density at radius 2 is 0.365 bits per heavy atom. The first-order valence-electron chi connectivity index (χ1n) is 34.0. The SMILES string of the molecule is CCCCCCCCCCCCCCCCCCCCCCCCC(=O)OCC(COC(=O)CCCCCCCCCCCCCCC)OC(=O)CCCCCCCCCCCCCCCCCCCCCCC. The molecule has 0 radical (unpaired) electrons. The normalized spacial score (nSPS) is 11.9. The monoisotopic (exact) mass is 1050 g/mol. The van der Waals surface area contributed by atoms with Gasteiger partial charge in [0.2, 0.25) is 0 Å². The summed E-state index contributed by atoms with van der Waals surface area (Å²) in [5.41, 5.74) is 0. The highest BCUT2D eigenvalue weighted by Crippen LogP contribution is 2.19. The number of ether oxygens (including phenoxy) is 3. The molecule has 440 valence electrons. The van der Waals surface area contributed by atoms with Crippen molar-refractivity contribution in [3.8, 4) is 0 Å². The van der Waals surface area contributed by atoms with Crippen molar-refractivity contribution in [2.75, 3.05) is 13.2 Å². The maximum Gasteiger partial charge on any atom is 0.306 e. The average molecular weight is 1050 g/mol. The maximum atomic E-state index is 12.9. The summed E-state index contributed by atoms with van der Waals surface area (Å²) in [6, 6.07) is 0. The summed E-state index contributed by atoms with van der Waals surface area (Å²) in [7, 11) is 0. The summed E-state index contributed by atoms with van der Waals surface area (Å²) in [5, 5.41) is 0. The minimum Gasteiger partial charge on any atom is -0.462 e. The smallest absolute Gasteiger partial charge is 0.306 e. The summed E-state index contributed by atoms with van der Waals surface area (Å²) in [4.78, 5) is 38.4. The fourth-order valence-electron chi connectivity index (χ4n) is 10.7. The summed E-state index contributed by atoms with van der Waals surface area (Å²) in [6.45, 7) is 6.74. The van der Waals surface area contributed by atoms with Gasteiger partial charge < -0.3 is 14.2 Å². The van der Waals surface area contributed by atoms with Crippen LogP contribution in [0.5, 0.6) is 0 Å². The van der Waals surface area contributed by atoms with E-state index in [9.17, 15) is 14.4 Å². The number of hydrogen-bond donors (Lipinski definition) is 0. The van der Waals surface area contributed by atoms with Crippen molar-refractivity contribution in [1.82, 2.24) is 0 Å². The van der Waals surface area contributed by atoms with Gasteiger partial charge in [0.1, 0.15) is 13.2 Å². The second kappa shape index (κ2) is 63.9. The first-order valence-corrected chi connectivity index (χ1v) is 34.0. The van der Waals surface area contributed by atoms with E-state index < -0.39 is 6.10 Å². The van der Waals surface area contributed by atoms with E-state index in [0.717, 1.165) is 57.8 Å². The highest BCUT2D eigenvalue weighted by Gasteiger charge is 2.19. The van der Waals surface area contributed by atoms with Crippen LogP contribution in [0, 0.1) is 0 Å². The van der Waals surface area contributed by atoms with Crippen molar-refractivity contribution in [2.45, 2.75) is 406 Å². The summed E-state index contributed by atoms with van der Waals surface area (Å²) in [6.07, 6.45) is 74.1. The van der Waals surface area contributed by atoms with Gasteiger partial charge in [-0.3, -0.25) is 14.4 Å². The van der Waals surface area contributed by atoms with Crippen molar-refractivity contribution in [3.05, 3.63) is 0 Å². The number of carbonyl (C=O) groups is 3. The molecule has 0 saturated carbocycles. The highest BCUT2D eigenvalue weighted by atomic mass is 16.6. The molecule has 0 aromatic heterocycles. The van der Waals surface area contributed by atoms with E-state index >= 15 is 0 Å². The van der Waals surface area contributed by atoms with Gasteiger partial charge in [-0.1, -0.05) is 361 Å². The van der Waals surface area contributed by atoms with Gasteiger partial charge in [-0.15, -0.1) is 0 Å². The van der Waals surface area contributed by atoms with Crippen LogP contribution in [-0.2, 0) is 28.6 Å². The van der Waals surface area contributed by atoms with Crippen molar-refractivity contribution < 1.29 is 28.6 Å². The van der Waals surface area contributed by atoms with E-state index in [1.165, 1.54) is 302 Å². The maximum absolute atomic E-state index is 12.9. The van der Waals surface area contributed by atoms with Crippen LogP contribution < -0.4 is 0 Å². The van der Waals surface area contributed by atoms with E-state index in [-0.39, 0.29) is 31.1 Å². The van der Waals surface area contributed by atoms with Crippen LogP contribution in [0.15, 0.2) is 0 Å². The molecule has 0 saturated heterocycles. The van der Waals surface area contributed by atoms with Crippen LogP contribution in [-0.4, -0.2) is 37.2 Å². The summed E-state index contributed by atoms with van der Waals surface area (Å²) in [5.74, 6) is -0.822. The van der Waals surface area contributed by atoms with Gasteiger partial charge in [-0.25, -0.2) is 0 Å². The third-order valence-electron chi connectivity index (χ3n) is 15.9. The molecule has 0 aromatic carbocycles. The Morgan fingerprint density at radius 3 is 0.541 bits per heavy atom. The molecule has 0 bridgehead atoms. The Hall–Kier alpha value is -1.59. The zero-order chi connectivity index (χ0) is 53.6. The van der Waals surface area contributed by atoms with Crippen LogP contribution >= 0.6 is 0 Å². The van der Waals surface area contributed by atoms with Gasteiger partial charge >= 0.3 is 17.9 Å². The second-order valence-corrected chi connectivity index (χ2v) is 23.5. The van der Waals surface area contributed by atoms with Crippen molar-refractivity contribution in [2.24, 2.45) is 0 Å². The quantitative estimate of drug-likeness (QED) is 0.0343. The fourth-order valence-corrected chi connectivity index (χ4v) is 10.7. The Labute approximate surface area is 463 Å². The van der Waals surface area contributed by atoms with Gasteiger partial charge in [0.15, 0.2) is 6.10 Å². The lowest BCUT2D eigenvalue weighted by atomic mass is 10.0. The van der Waals surface area contributed by atoms with Crippen LogP contribution in [0.3, 0.4) is 0 Å². The van der Waals surface area contributed by atoms with E-state index in [1.807, 2.05) is 0 Å². The molecular weight excluding hydrogens is 913 g/mol. The van der Waals surface area contributed by atoms with Gasteiger partial charge in [0.25, 0.3) is 0 Å². The van der Waals surface area contributed by atoms with E-state index in [4.69, 9.17) is 14.2 Å². The molecule has 0 N–H and O–H groups in total. The average Bonchev–Trinajstić information content (AvgIpc) is 3.40.